The van der Waals surface area contributed by atoms with E-state index in [1.165, 1.54) is 12.8 Å². The molecule has 5 nitrogen and oxygen atoms in total. The number of nitrogens with zero attached hydrogens (tertiary/aromatic N) is 2. The van der Waals surface area contributed by atoms with E-state index in [1.54, 1.807) is 5.01 Å². The second-order valence-electron chi connectivity index (χ2n) is 4.99. The average Bonchev–Trinajstić information content (AvgIpc) is 3.04. The molecule has 94 valence electrons. The minimum absolute atomic E-state index is 0.0227. The first-order valence-electron chi connectivity index (χ1n) is 6.10. The van der Waals surface area contributed by atoms with E-state index in [1.807, 2.05) is 13.8 Å². The Balaban J connectivity index is 1.99. The predicted octanol–water partition coefficient (Wildman–Crippen LogP) is 1.48. The van der Waals surface area contributed by atoms with Gasteiger partial charge in [-0.15, -0.1) is 0 Å². The number of carbonyl (C=O) groups is 2. The quantitative estimate of drug-likeness (QED) is 0.788. The number of hydrazone groups is 1. The Kier molecular flexibility index (Phi) is 3.17. The van der Waals surface area contributed by atoms with E-state index in [-0.39, 0.29) is 24.3 Å². The molecule has 1 fully saturated rings. The van der Waals surface area contributed by atoms with Crippen molar-refractivity contribution in [2.24, 2.45) is 16.9 Å². The molecule has 1 aliphatic carbocycles. The number of hydrogen-bond donors (Lipinski definition) is 1. The maximum Gasteiger partial charge on any atom is 0.303 e. The van der Waals surface area contributed by atoms with Crippen LogP contribution in [0.5, 0.6) is 0 Å². The van der Waals surface area contributed by atoms with Gasteiger partial charge in [-0.25, -0.2) is 5.01 Å². The normalized spacial score (nSPS) is 26.0. The molecule has 0 bridgehead atoms. The summed E-state index contributed by atoms with van der Waals surface area (Å²) in [6, 6.07) is 0.160. The van der Waals surface area contributed by atoms with E-state index in [9.17, 15) is 9.59 Å². The van der Waals surface area contributed by atoms with E-state index in [4.69, 9.17) is 5.11 Å². The molecule has 0 aromatic carbocycles. The van der Waals surface area contributed by atoms with Crippen molar-refractivity contribution < 1.29 is 14.7 Å². The first-order valence-corrected chi connectivity index (χ1v) is 6.10. The Morgan fingerprint density at radius 2 is 2.24 bits per heavy atom. The molecule has 0 aromatic rings. The number of carboxylic acids is 1. The van der Waals surface area contributed by atoms with E-state index in [2.05, 4.69) is 5.10 Å². The Morgan fingerprint density at radius 3 is 2.76 bits per heavy atom. The van der Waals surface area contributed by atoms with Crippen LogP contribution in [-0.2, 0) is 9.59 Å². The summed E-state index contributed by atoms with van der Waals surface area (Å²) in [6.45, 7) is 3.83. The molecule has 17 heavy (non-hydrogen) atoms. The fourth-order valence-electron chi connectivity index (χ4n) is 2.30. The van der Waals surface area contributed by atoms with Crippen molar-refractivity contribution in [1.29, 1.82) is 0 Å². The average molecular weight is 238 g/mol. The van der Waals surface area contributed by atoms with E-state index in [0.717, 1.165) is 5.71 Å². The van der Waals surface area contributed by atoms with Crippen LogP contribution in [0.3, 0.4) is 0 Å². The highest BCUT2D eigenvalue weighted by Crippen LogP contribution is 2.37. The minimum atomic E-state index is -0.862. The molecule has 0 aromatic heterocycles. The maximum atomic E-state index is 12.1. The van der Waals surface area contributed by atoms with Crippen LogP contribution >= 0.6 is 0 Å². The molecular weight excluding hydrogens is 220 g/mol. The SMILES string of the molecule is CC1=NN(C(C)C2CC2)C(=O)C1CCC(=O)O. The van der Waals surface area contributed by atoms with Crippen molar-refractivity contribution >= 4 is 17.6 Å². The van der Waals surface area contributed by atoms with Crippen LogP contribution in [0.25, 0.3) is 0 Å². The van der Waals surface area contributed by atoms with Crippen LogP contribution in [0.15, 0.2) is 5.10 Å². The van der Waals surface area contributed by atoms with Crippen molar-refractivity contribution in [1.82, 2.24) is 5.01 Å². The van der Waals surface area contributed by atoms with Gasteiger partial charge in [0.05, 0.1) is 12.0 Å². The summed E-state index contributed by atoms with van der Waals surface area (Å²) in [7, 11) is 0. The monoisotopic (exact) mass is 238 g/mol. The fourth-order valence-corrected chi connectivity index (χ4v) is 2.30. The third kappa shape index (κ3) is 2.48. The van der Waals surface area contributed by atoms with E-state index < -0.39 is 5.97 Å². The van der Waals surface area contributed by atoms with Crippen LogP contribution in [0, 0.1) is 11.8 Å². The van der Waals surface area contributed by atoms with Crippen molar-refractivity contribution in [3.63, 3.8) is 0 Å². The second kappa shape index (κ2) is 4.47. The molecule has 1 N–H and O–H groups in total. The summed E-state index contributed by atoms with van der Waals surface area (Å²) >= 11 is 0. The Hall–Kier alpha value is -1.39. The van der Waals surface area contributed by atoms with Crippen molar-refractivity contribution in [2.75, 3.05) is 0 Å². The molecule has 1 heterocycles. The smallest absolute Gasteiger partial charge is 0.303 e. The molecule has 2 unspecified atom stereocenters. The van der Waals surface area contributed by atoms with Gasteiger partial charge in [0.15, 0.2) is 0 Å². The van der Waals surface area contributed by atoms with Crippen LogP contribution in [0.4, 0.5) is 0 Å². The lowest BCUT2D eigenvalue weighted by Gasteiger charge is -2.21. The first kappa shape index (κ1) is 12.1. The Labute approximate surface area is 100 Å². The predicted molar refractivity (Wildman–Crippen MR) is 62.5 cm³/mol. The first-order chi connectivity index (χ1) is 8.00. The summed E-state index contributed by atoms with van der Waals surface area (Å²) < 4.78 is 0. The fraction of sp³-hybridized carbons (Fsp3) is 0.750. The van der Waals surface area contributed by atoms with Crippen LogP contribution in [-0.4, -0.2) is 33.7 Å². The molecule has 0 radical (unpaired) electrons. The summed E-state index contributed by atoms with van der Waals surface area (Å²) in [5.74, 6) is -0.636. The standard InChI is InChI=1S/C12H18N2O3/c1-7-10(5-6-11(15)16)12(17)14(13-7)8(2)9-3-4-9/h8-10H,3-6H2,1-2H3,(H,15,16). The zero-order chi connectivity index (χ0) is 12.6. The molecule has 1 saturated carbocycles. The topological polar surface area (TPSA) is 70.0 Å². The molecule has 2 rings (SSSR count). The lowest BCUT2D eigenvalue weighted by molar-refractivity contribution is -0.138. The van der Waals surface area contributed by atoms with Gasteiger partial charge in [-0.3, -0.25) is 9.59 Å². The van der Waals surface area contributed by atoms with Gasteiger partial charge >= 0.3 is 5.97 Å². The van der Waals surface area contributed by atoms with E-state index in [0.29, 0.717) is 12.3 Å². The van der Waals surface area contributed by atoms with Gasteiger partial charge in [-0.05, 0) is 39.0 Å². The third-order valence-corrected chi connectivity index (χ3v) is 3.63. The lowest BCUT2D eigenvalue weighted by Crippen LogP contribution is -2.35. The number of rotatable bonds is 5. The van der Waals surface area contributed by atoms with Gasteiger partial charge in [-0.1, -0.05) is 0 Å². The number of amides is 1. The molecule has 2 atom stereocenters. The highest BCUT2D eigenvalue weighted by molar-refractivity contribution is 6.07. The van der Waals surface area contributed by atoms with Crippen LogP contribution < -0.4 is 0 Å². The summed E-state index contributed by atoms with van der Waals surface area (Å²) in [4.78, 5) is 22.7. The third-order valence-electron chi connectivity index (χ3n) is 3.63. The van der Waals surface area contributed by atoms with Gasteiger partial charge in [0, 0.05) is 12.1 Å². The Morgan fingerprint density at radius 1 is 1.59 bits per heavy atom. The summed E-state index contributed by atoms with van der Waals surface area (Å²) in [5.41, 5.74) is 0.753. The summed E-state index contributed by atoms with van der Waals surface area (Å²) in [5, 5.41) is 14.5. The van der Waals surface area contributed by atoms with Gasteiger partial charge in [0.2, 0.25) is 0 Å². The van der Waals surface area contributed by atoms with Gasteiger partial charge < -0.3 is 5.11 Å². The maximum absolute atomic E-state index is 12.1. The number of aliphatic carboxylic acids is 1. The zero-order valence-corrected chi connectivity index (χ0v) is 10.2. The Bertz CT molecular complexity index is 374. The highest BCUT2D eigenvalue weighted by Gasteiger charge is 2.41. The second-order valence-corrected chi connectivity index (χ2v) is 4.99. The minimum Gasteiger partial charge on any atom is -0.481 e. The van der Waals surface area contributed by atoms with Crippen molar-refractivity contribution in [3.05, 3.63) is 0 Å². The molecule has 2 aliphatic rings. The molecule has 1 aliphatic heterocycles. The van der Waals surface area contributed by atoms with Crippen LogP contribution in [0.2, 0.25) is 0 Å². The van der Waals surface area contributed by atoms with Crippen molar-refractivity contribution in [2.45, 2.75) is 45.6 Å². The number of carbonyl (C=O) groups excluding carboxylic acids is 1. The molecule has 0 spiro atoms. The van der Waals surface area contributed by atoms with E-state index >= 15 is 0 Å². The van der Waals surface area contributed by atoms with Crippen LogP contribution in [0.1, 0.15) is 39.5 Å². The summed E-state index contributed by atoms with van der Waals surface area (Å²) in [6.07, 6.45) is 2.71. The van der Waals surface area contributed by atoms with Crippen molar-refractivity contribution in [3.8, 4) is 0 Å². The highest BCUT2D eigenvalue weighted by atomic mass is 16.4. The molecular formula is C12H18N2O3. The zero-order valence-electron chi connectivity index (χ0n) is 10.2. The van der Waals surface area contributed by atoms with Gasteiger partial charge in [-0.2, -0.15) is 5.10 Å². The van der Waals surface area contributed by atoms with Gasteiger partial charge in [0.1, 0.15) is 0 Å². The largest absolute Gasteiger partial charge is 0.481 e. The molecule has 5 heteroatoms. The molecule has 1 amide bonds. The number of carboxylic acid groups (broad SMARTS) is 1. The van der Waals surface area contributed by atoms with Gasteiger partial charge in [0.25, 0.3) is 5.91 Å². The number of hydrogen-bond acceptors (Lipinski definition) is 3. The molecule has 0 saturated heterocycles. The lowest BCUT2D eigenvalue weighted by atomic mass is 9.98.